The van der Waals surface area contributed by atoms with Crippen LogP contribution in [0.3, 0.4) is 0 Å². The van der Waals surface area contributed by atoms with Crippen LogP contribution in [0.4, 0.5) is 0 Å². The first kappa shape index (κ1) is 14.2. The molecule has 1 rings (SSSR count). The third kappa shape index (κ3) is 7.98. The summed E-state index contributed by atoms with van der Waals surface area (Å²) in [5.74, 6) is 0. The molecular formula is C16H26O. The zero-order chi connectivity index (χ0) is 12.2. The van der Waals surface area contributed by atoms with Gasteiger partial charge in [0.1, 0.15) is 0 Å². The van der Waals surface area contributed by atoms with Crippen LogP contribution in [0.25, 0.3) is 0 Å². The number of hydrogen-bond donors (Lipinski definition) is 0. The van der Waals surface area contributed by atoms with Crippen LogP contribution in [0.1, 0.15) is 51.0 Å². The van der Waals surface area contributed by atoms with Crippen LogP contribution >= 0.6 is 0 Å². The Balaban J connectivity index is 1.85. The highest BCUT2D eigenvalue weighted by molar-refractivity contribution is 5.14. The van der Waals surface area contributed by atoms with E-state index in [1.54, 1.807) is 0 Å². The lowest BCUT2D eigenvalue weighted by molar-refractivity contribution is 0.133. The second kappa shape index (κ2) is 10.3. The highest BCUT2D eigenvalue weighted by atomic mass is 16.5. The Bertz CT molecular complexity index is 255. The quantitative estimate of drug-likeness (QED) is 0.537. The fraction of sp³-hybridized carbons (Fsp3) is 0.625. The number of unbranched alkanes of at least 4 members (excludes halogenated alkanes) is 5. The molecule has 0 aliphatic rings. The molecule has 0 aromatic heterocycles. The first-order chi connectivity index (χ1) is 8.43. The summed E-state index contributed by atoms with van der Waals surface area (Å²) in [6.07, 6.45) is 9.05. The van der Waals surface area contributed by atoms with Crippen LogP contribution in [-0.2, 0) is 11.2 Å². The Morgan fingerprint density at radius 3 is 2.29 bits per heavy atom. The maximum atomic E-state index is 5.64. The van der Waals surface area contributed by atoms with Gasteiger partial charge in [0.15, 0.2) is 0 Å². The van der Waals surface area contributed by atoms with Gasteiger partial charge in [-0.3, -0.25) is 0 Å². The fourth-order valence-corrected chi connectivity index (χ4v) is 1.92. The minimum absolute atomic E-state index is 0.860. The predicted molar refractivity (Wildman–Crippen MR) is 74.3 cm³/mol. The van der Waals surface area contributed by atoms with Crippen LogP contribution < -0.4 is 0 Å². The summed E-state index contributed by atoms with van der Waals surface area (Å²) in [6.45, 7) is 4.05. The molecule has 1 aromatic carbocycles. The Hall–Kier alpha value is -0.820. The fourth-order valence-electron chi connectivity index (χ4n) is 1.92. The van der Waals surface area contributed by atoms with E-state index in [1.807, 2.05) is 0 Å². The Morgan fingerprint density at radius 2 is 1.53 bits per heavy atom. The van der Waals surface area contributed by atoms with Gasteiger partial charge in [-0.2, -0.15) is 0 Å². The van der Waals surface area contributed by atoms with Crippen LogP contribution in [0.5, 0.6) is 0 Å². The van der Waals surface area contributed by atoms with Gasteiger partial charge in [0.25, 0.3) is 0 Å². The lowest BCUT2D eigenvalue weighted by Crippen LogP contribution is -2.00. The topological polar surface area (TPSA) is 9.23 Å². The first-order valence-corrected chi connectivity index (χ1v) is 7.05. The maximum absolute atomic E-state index is 5.64. The molecule has 0 N–H and O–H groups in total. The van der Waals surface area contributed by atoms with E-state index < -0.39 is 0 Å². The van der Waals surface area contributed by atoms with Crippen molar-refractivity contribution in [1.29, 1.82) is 0 Å². The van der Waals surface area contributed by atoms with Crippen molar-refractivity contribution in [3.63, 3.8) is 0 Å². The van der Waals surface area contributed by atoms with E-state index in [1.165, 1.54) is 44.1 Å². The highest BCUT2D eigenvalue weighted by Gasteiger charge is 1.93. The van der Waals surface area contributed by atoms with Crippen LogP contribution in [0, 0.1) is 0 Å². The maximum Gasteiger partial charge on any atom is 0.0506 e. The highest BCUT2D eigenvalue weighted by Crippen LogP contribution is 2.05. The largest absolute Gasteiger partial charge is 0.381 e. The SMILES string of the molecule is CCCCCCCCOCCc1ccccc1. The summed E-state index contributed by atoms with van der Waals surface area (Å²) >= 11 is 0. The average Bonchev–Trinajstić information content (AvgIpc) is 2.38. The molecule has 0 radical (unpaired) electrons. The van der Waals surface area contributed by atoms with Crippen LogP contribution in [-0.4, -0.2) is 13.2 Å². The summed E-state index contributed by atoms with van der Waals surface area (Å²) in [5.41, 5.74) is 1.37. The smallest absolute Gasteiger partial charge is 0.0506 e. The summed E-state index contributed by atoms with van der Waals surface area (Å²) in [5, 5.41) is 0. The van der Waals surface area contributed by atoms with E-state index >= 15 is 0 Å². The lowest BCUT2D eigenvalue weighted by atomic mass is 10.1. The monoisotopic (exact) mass is 234 g/mol. The van der Waals surface area contributed by atoms with Gasteiger partial charge in [-0.25, -0.2) is 0 Å². The molecule has 96 valence electrons. The second-order valence-corrected chi connectivity index (χ2v) is 4.62. The number of rotatable bonds is 10. The van der Waals surface area contributed by atoms with E-state index in [-0.39, 0.29) is 0 Å². The molecule has 0 aliphatic carbocycles. The lowest BCUT2D eigenvalue weighted by Gasteiger charge is -2.04. The molecular weight excluding hydrogens is 208 g/mol. The van der Waals surface area contributed by atoms with Gasteiger partial charge in [0.2, 0.25) is 0 Å². The van der Waals surface area contributed by atoms with Crippen molar-refractivity contribution in [2.75, 3.05) is 13.2 Å². The van der Waals surface area contributed by atoms with Crippen molar-refractivity contribution in [3.8, 4) is 0 Å². The van der Waals surface area contributed by atoms with E-state index in [9.17, 15) is 0 Å². The van der Waals surface area contributed by atoms with E-state index in [0.717, 1.165) is 19.6 Å². The molecule has 0 fully saturated rings. The van der Waals surface area contributed by atoms with E-state index in [0.29, 0.717) is 0 Å². The minimum atomic E-state index is 0.860. The van der Waals surface area contributed by atoms with Gasteiger partial charge in [0.05, 0.1) is 6.61 Å². The molecule has 1 aromatic rings. The first-order valence-electron chi connectivity index (χ1n) is 7.05. The third-order valence-corrected chi connectivity index (χ3v) is 3.02. The molecule has 0 atom stereocenters. The van der Waals surface area contributed by atoms with Gasteiger partial charge < -0.3 is 4.74 Å². The van der Waals surface area contributed by atoms with Crippen LogP contribution in [0.15, 0.2) is 30.3 Å². The Morgan fingerprint density at radius 1 is 0.824 bits per heavy atom. The molecule has 0 saturated carbocycles. The Labute approximate surface area is 106 Å². The van der Waals surface area contributed by atoms with E-state index in [2.05, 4.69) is 37.3 Å². The molecule has 17 heavy (non-hydrogen) atoms. The van der Waals surface area contributed by atoms with E-state index in [4.69, 9.17) is 4.74 Å². The molecule has 1 nitrogen and oxygen atoms in total. The van der Waals surface area contributed by atoms with Crippen molar-refractivity contribution in [1.82, 2.24) is 0 Å². The molecule has 0 aliphatic heterocycles. The summed E-state index contributed by atoms with van der Waals surface area (Å²) in [6, 6.07) is 10.6. The third-order valence-electron chi connectivity index (χ3n) is 3.02. The standard InChI is InChI=1S/C16H26O/c1-2-3-4-5-6-10-14-17-15-13-16-11-8-7-9-12-16/h7-9,11-12H,2-6,10,13-15H2,1H3. The molecule has 0 amide bonds. The average molecular weight is 234 g/mol. The normalized spacial score (nSPS) is 10.6. The van der Waals surface area contributed by atoms with Gasteiger partial charge in [-0.05, 0) is 18.4 Å². The number of ether oxygens (including phenoxy) is 1. The van der Waals surface area contributed by atoms with Crippen molar-refractivity contribution in [3.05, 3.63) is 35.9 Å². The van der Waals surface area contributed by atoms with Crippen molar-refractivity contribution < 1.29 is 4.74 Å². The number of hydrogen-bond acceptors (Lipinski definition) is 1. The molecule has 1 heteroatoms. The molecule has 0 spiro atoms. The van der Waals surface area contributed by atoms with Crippen molar-refractivity contribution in [2.45, 2.75) is 51.9 Å². The zero-order valence-corrected chi connectivity index (χ0v) is 11.2. The van der Waals surface area contributed by atoms with Crippen molar-refractivity contribution in [2.24, 2.45) is 0 Å². The Kier molecular flexibility index (Phi) is 8.66. The van der Waals surface area contributed by atoms with Gasteiger partial charge in [-0.15, -0.1) is 0 Å². The number of benzene rings is 1. The molecule has 0 heterocycles. The molecule has 0 bridgehead atoms. The van der Waals surface area contributed by atoms with Crippen molar-refractivity contribution >= 4 is 0 Å². The van der Waals surface area contributed by atoms with Gasteiger partial charge >= 0.3 is 0 Å². The van der Waals surface area contributed by atoms with Gasteiger partial charge in [-0.1, -0.05) is 69.4 Å². The summed E-state index contributed by atoms with van der Waals surface area (Å²) in [4.78, 5) is 0. The molecule has 0 unspecified atom stereocenters. The second-order valence-electron chi connectivity index (χ2n) is 4.62. The van der Waals surface area contributed by atoms with Crippen LogP contribution in [0.2, 0.25) is 0 Å². The molecule has 0 saturated heterocycles. The zero-order valence-electron chi connectivity index (χ0n) is 11.2. The van der Waals surface area contributed by atoms with Gasteiger partial charge in [0, 0.05) is 6.61 Å². The minimum Gasteiger partial charge on any atom is -0.381 e. The predicted octanol–water partition coefficient (Wildman–Crippen LogP) is 4.61. The summed E-state index contributed by atoms with van der Waals surface area (Å²) < 4.78 is 5.64. The summed E-state index contributed by atoms with van der Waals surface area (Å²) in [7, 11) is 0.